The van der Waals surface area contributed by atoms with E-state index >= 15 is 0 Å². The highest BCUT2D eigenvalue weighted by atomic mass is 32.2. The van der Waals surface area contributed by atoms with Crippen molar-refractivity contribution in [3.05, 3.63) is 29.8 Å². The van der Waals surface area contributed by atoms with Crippen LogP contribution in [0, 0.1) is 5.92 Å². The third kappa shape index (κ3) is 8.01. The van der Waals surface area contributed by atoms with Gasteiger partial charge in [0.1, 0.15) is 0 Å². The third-order valence-electron chi connectivity index (χ3n) is 4.05. The van der Waals surface area contributed by atoms with Crippen molar-refractivity contribution in [3.63, 3.8) is 0 Å². The Labute approximate surface area is 152 Å². The number of nitrogens with one attached hydrogen (secondary N) is 1. The van der Waals surface area contributed by atoms with E-state index in [0.717, 1.165) is 12.1 Å². The van der Waals surface area contributed by atoms with Crippen LogP contribution in [0.5, 0.6) is 0 Å². The van der Waals surface area contributed by atoms with Crippen LogP contribution in [-0.4, -0.2) is 38.0 Å². The Balaban J connectivity index is 2.60. The summed E-state index contributed by atoms with van der Waals surface area (Å²) >= 11 is 0. The first-order valence-electron chi connectivity index (χ1n) is 8.75. The second-order valence-corrected chi connectivity index (χ2v) is 9.95. The lowest BCUT2D eigenvalue weighted by Gasteiger charge is -2.21. The highest BCUT2D eigenvalue weighted by molar-refractivity contribution is 7.88. The van der Waals surface area contributed by atoms with Crippen molar-refractivity contribution >= 4 is 21.6 Å². The lowest BCUT2D eigenvalue weighted by atomic mass is 9.87. The van der Waals surface area contributed by atoms with E-state index in [2.05, 4.69) is 39.9 Å². The molecular formula is C19H32N2O3S. The number of hydrogen-bond acceptors (Lipinski definition) is 3. The molecule has 1 N–H and O–H groups in total. The van der Waals surface area contributed by atoms with Gasteiger partial charge in [-0.2, -0.15) is 0 Å². The summed E-state index contributed by atoms with van der Waals surface area (Å²) in [5.74, 6) is 0.237. The van der Waals surface area contributed by atoms with E-state index < -0.39 is 10.0 Å². The van der Waals surface area contributed by atoms with Gasteiger partial charge in [0.05, 0.1) is 6.26 Å². The molecule has 1 amide bonds. The molecule has 0 saturated carbocycles. The highest BCUT2D eigenvalue weighted by Gasteiger charge is 2.18. The maximum absolute atomic E-state index is 12.1. The SMILES string of the molecule is CC(C)CCN(CCC(=O)Nc1ccc(C(C)(C)C)cc1)S(C)(=O)=O. The number of benzene rings is 1. The maximum atomic E-state index is 12.1. The number of carbonyl (C=O) groups is 1. The molecule has 0 radical (unpaired) electrons. The van der Waals surface area contributed by atoms with E-state index in [1.54, 1.807) is 0 Å². The van der Waals surface area contributed by atoms with Crippen molar-refractivity contribution in [3.8, 4) is 0 Å². The number of anilines is 1. The Morgan fingerprint density at radius 2 is 1.68 bits per heavy atom. The Bertz CT molecular complexity index is 659. The molecule has 0 atom stereocenters. The van der Waals surface area contributed by atoms with Gasteiger partial charge in [0.2, 0.25) is 15.9 Å². The van der Waals surface area contributed by atoms with Crippen molar-refractivity contribution in [1.29, 1.82) is 0 Å². The molecule has 0 aliphatic heterocycles. The zero-order chi connectivity index (χ0) is 19.3. The van der Waals surface area contributed by atoms with Gasteiger partial charge in [-0.25, -0.2) is 12.7 Å². The molecule has 25 heavy (non-hydrogen) atoms. The Morgan fingerprint density at radius 3 is 2.12 bits per heavy atom. The molecule has 0 aliphatic rings. The van der Waals surface area contributed by atoms with E-state index in [1.165, 1.54) is 16.1 Å². The quantitative estimate of drug-likeness (QED) is 0.762. The minimum atomic E-state index is -3.30. The van der Waals surface area contributed by atoms with Gasteiger partial charge >= 0.3 is 0 Å². The number of rotatable bonds is 8. The predicted molar refractivity (Wildman–Crippen MR) is 104 cm³/mol. The van der Waals surface area contributed by atoms with E-state index in [-0.39, 0.29) is 24.3 Å². The summed E-state index contributed by atoms with van der Waals surface area (Å²) < 4.78 is 25.1. The van der Waals surface area contributed by atoms with Crippen LogP contribution >= 0.6 is 0 Å². The summed E-state index contributed by atoms with van der Waals surface area (Å²) in [6, 6.07) is 7.76. The first-order chi connectivity index (χ1) is 11.4. The molecule has 0 bridgehead atoms. The van der Waals surface area contributed by atoms with Gasteiger partial charge in [0.25, 0.3) is 0 Å². The van der Waals surface area contributed by atoms with Crippen molar-refractivity contribution < 1.29 is 13.2 Å². The lowest BCUT2D eigenvalue weighted by molar-refractivity contribution is -0.116. The fourth-order valence-electron chi connectivity index (χ4n) is 2.35. The number of sulfonamides is 1. The molecule has 142 valence electrons. The lowest BCUT2D eigenvalue weighted by Crippen LogP contribution is -2.34. The summed E-state index contributed by atoms with van der Waals surface area (Å²) in [5, 5.41) is 2.83. The minimum Gasteiger partial charge on any atom is -0.326 e. The normalized spacial score (nSPS) is 12.6. The van der Waals surface area contributed by atoms with E-state index in [0.29, 0.717) is 12.5 Å². The first kappa shape index (κ1) is 21.6. The van der Waals surface area contributed by atoms with Crippen LogP contribution in [0.15, 0.2) is 24.3 Å². The summed E-state index contributed by atoms with van der Waals surface area (Å²) in [4.78, 5) is 12.1. The molecule has 0 aliphatic carbocycles. The van der Waals surface area contributed by atoms with Gasteiger partial charge in [-0.3, -0.25) is 4.79 Å². The number of carbonyl (C=O) groups excluding carboxylic acids is 1. The Morgan fingerprint density at radius 1 is 1.12 bits per heavy atom. The van der Waals surface area contributed by atoms with Crippen LogP contribution < -0.4 is 5.32 Å². The van der Waals surface area contributed by atoms with Crippen LogP contribution in [0.3, 0.4) is 0 Å². The van der Waals surface area contributed by atoms with E-state index in [4.69, 9.17) is 0 Å². The zero-order valence-corrected chi connectivity index (χ0v) is 17.1. The summed E-state index contributed by atoms with van der Waals surface area (Å²) in [6.07, 6.45) is 2.12. The fourth-order valence-corrected chi connectivity index (χ4v) is 3.21. The van der Waals surface area contributed by atoms with Gasteiger partial charge in [-0.05, 0) is 35.4 Å². The molecule has 0 unspecified atom stereocenters. The fraction of sp³-hybridized carbons (Fsp3) is 0.632. The summed E-state index contributed by atoms with van der Waals surface area (Å²) in [5.41, 5.74) is 1.99. The van der Waals surface area contributed by atoms with Crippen molar-refractivity contribution in [2.45, 2.75) is 52.9 Å². The third-order valence-corrected chi connectivity index (χ3v) is 5.35. The smallest absolute Gasteiger partial charge is 0.225 e. The van der Waals surface area contributed by atoms with Crippen LogP contribution in [0.2, 0.25) is 0 Å². The highest BCUT2D eigenvalue weighted by Crippen LogP contribution is 2.23. The number of nitrogens with zero attached hydrogens (tertiary/aromatic N) is 1. The zero-order valence-electron chi connectivity index (χ0n) is 16.3. The molecular weight excluding hydrogens is 336 g/mol. The topological polar surface area (TPSA) is 66.5 Å². The number of hydrogen-bond donors (Lipinski definition) is 1. The molecule has 1 rings (SSSR count). The van der Waals surface area contributed by atoms with Crippen LogP contribution in [-0.2, 0) is 20.2 Å². The second-order valence-electron chi connectivity index (χ2n) is 7.97. The number of amides is 1. The molecule has 0 spiro atoms. The van der Waals surface area contributed by atoms with Crippen molar-refractivity contribution in [2.24, 2.45) is 5.92 Å². The van der Waals surface area contributed by atoms with Gasteiger partial charge < -0.3 is 5.32 Å². The average Bonchev–Trinajstić information content (AvgIpc) is 2.45. The maximum Gasteiger partial charge on any atom is 0.225 e. The summed E-state index contributed by atoms with van der Waals surface area (Å²) in [6.45, 7) is 11.2. The molecule has 5 nitrogen and oxygen atoms in total. The molecule has 6 heteroatoms. The van der Waals surface area contributed by atoms with E-state index in [9.17, 15) is 13.2 Å². The monoisotopic (exact) mass is 368 g/mol. The van der Waals surface area contributed by atoms with Gasteiger partial charge in [-0.15, -0.1) is 0 Å². The van der Waals surface area contributed by atoms with Gasteiger partial charge in [0.15, 0.2) is 0 Å². The van der Waals surface area contributed by atoms with Crippen LogP contribution in [0.4, 0.5) is 5.69 Å². The predicted octanol–water partition coefficient (Wildman–Crippen LogP) is 3.62. The minimum absolute atomic E-state index is 0.0644. The van der Waals surface area contributed by atoms with Crippen molar-refractivity contribution in [2.75, 3.05) is 24.7 Å². The Hall–Kier alpha value is -1.40. The molecule has 0 heterocycles. The molecule has 0 aromatic heterocycles. The second kappa shape index (κ2) is 8.81. The van der Waals surface area contributed by atoms with Crippen molar-refractivity contribution in [1.82, 2.24) is 4.31 Å². The first-order valence-corrected chi connectivity index (χ1v) is 10.6. The molecule has 1 aromatic rings. The summed E-state index contributed by atoms with van der Waals surface area (Å²) in [7, 11) is -3.30. The molecule has 1 aromatic carbocycles. The Kier molecular flexibility index (Phi) is 7.62. The van der Waals surface area contributed by atoms with Crippen LogP contribution in [0.25, 0.3) is 0 Å². The van der Waals surface area contributed by atoms with Gasteiger partial charge in [0, 0.05) is 25.2 Å². The molecule has 0 saturated heterocycles. The van der Waals surface area contributed by atoms with Crippen LogP contribution in [0.1, 0.15) is 53.0 Å². The van der Waals surface area contributed by atoms with Gasteiger partial charge in [-0.1, -0.05) is 46.8 Å². The standard InChI is InChI=1S/C19H32N2O3S/c1-15(2)11-13-21(25(6,23)24)14-12-18(22)20-17-9-7-16(8-10-17)19(3,4)5/h7-10,15H,11-14H2,1-6H3,(H,20,22). The average molecular weight is 369 g/mol. The van der Waals surface area contributed by atoms with E-state index in [1.807, 2.05) is 24.3 Å². The largest absolute Gasteiger partial charge is 0.326 e. The molecule has 0 fully saturated rings.